The lowest BCUT2D eigenvalue weighted by Crippen LogP contribution is -2.50. The lowest BCUT2D eigenvalue weighted by Gasteiger charge is -2.34. The molecule has 2 N–H and O–H groups in total. The van der Waals surface area contributed by atoms with Crippen LogP contribution < -0.4 is 5.14 Å². The first-order chi connectivity index (χ1) is 10.3. The second-order valence-corrected chi connectivity index (χ2v) is 7.50. The summed E-state index contributed by atoms with van der Waals surface area (Å²) in [5.74, 6) is -0.102. The van der Waals surface area contributed by atoms with E-state index >= 15 is 0 Å². The molecule has 2 rings (SSSR count). The molecule has 0 atom stereocenters. The van der Waals surface area contributed by atoms with Gasteiger partial charge >= 0.3 is 0 Å². The number of primary sulfonamides is 1. The fourth-order valence-electron chi connectivity index (χ4n) is 2.51. The molecule has 0 saturated carbocycles. The lowest BCUT2D eigenvalue weighted by molar-refractivity contribution is 0.0633. The molecule has 1 aromatic rings. The molecule has 1 saturated heterocycles. The fourth-order valence-corrected chi connectivity index (χ4v) is 3.24. The van der Waals surface area contributed by atoms with Crippen molar-refractivity contribution in [3.63, 3.8) is 0 Å². The van der Waals surface area contributed by atoms with Gasteiger partial charge in [0.1, 0.15) is 5.69 Å². The van der Waals surface area contributed by atoms with E-state index in [0.717, 1.165) is 0 Å². The molecule has 1 fully saturated rings. The topological polar surface area (TPSA) is 88.6 Å². The summed E-state index contributed by atoms with van der Waals surface area (Å²) in [4.78, 5) is 16.3. The van der Waals surface area contributed by atoms with Crippen molar-refractivity contribution in [1.29, 1.82) is 0 Å². The second-order valence-electron chi connectivity index (χ2n) is 5.33. The summed E-state index contributed by atoms with van der Waals surface area (Å²) in [5.41, 5.74) is 0.588. The molecule has 1 amide bonds. The van der Waals surface area contributed by atoms with E-state index in [9.17, 15) is 13.2 Å². The summed E-state index contributed by atoms with van der Waals surface area (Å²) in [5, 5.41) is 5.56. The van der Waals surface area contributed by atoms with E-state index in [1.54, 1.807) is 17.2 Å². The summed E-state index contributed by atoms with van der Waals surface area (Å²) in [7, 11) is -3.44. The highest BCUT2D eigenvalue weighted by atomic mass is 35.5. The van der Waals surface area contributed by atoms with E-state index in [4.69, 9.17) is 16.7 Å². The molecule has 22 heavy (non-hydrogen) atoms. The lowest BCUT2D eigenvalue weighted by atomic mass is 10.2. The molecule has 124 valence electrons. The Labute approximate surface area is 135 Å². The normalized spacial score (nSPS) is 17.0. The maximum absolute atomic E-state index is 12.5. The third-order valence-electron chi connectivity index (χ3n) is 3.77. The van der Waals surface area contributed by atoms with Crippen LogP contribution in [0.5, 0.6) is 0 Å². The number of hydrogen-bond acceptors (Lipinski definition) is 4. The Kier molecular flexibility index (Phi) is 5.49. The van der Waals surface area contributed by atoms with Crippen LogP contribution >= 0.6 is 11.6 Å². The van der Waals surface area contributed by atoms with Gasteiger partial charge in [-0.15, -0.1) is 0 Å². The Balaban J connectivity index is 1.92. The zero-order chi connectivity index (χ0) is 16.3. The number of aromatic nitrogens is 1. The summed E-state index contributed by atoms with van der Waals surface area (Å²) in [6, 6.07) is 1.68. The number of rotatable bonds is 5. The molecule has 1 aliphatic rings. The number of piperazine rings is 1. The molecule has 2 heterocycles. The predicted molar refractivity (Wildman–Crippen MR) is 85.4 cm³/mol. The smallest absolute Gasteiger partial charge is 0.270 e. The Bertz CT molecular complexity index is 636. The van der Waals surface area contributed by atoms with Gasteiger partial charge in [0.05, 0.1) is 10.8 Å². The van der Waals surface area contributed by atoms with Crippen molar-refractivity contribution in [3.8, 4) is 0 Å². The number of amides is 1. The van der Waals surface area contributed by atoms with E-state index in [2.05, 4.69) is 0 Å². The Hall–Kier alpha value is -1.09. The molecule has 0 spiro atoms. The minimum absolute atomic E-state index is 0.0418. The average Bonchev–Trinajstić information content (AvgIpc) is 2.85. The number of carbonyl (C=O) groups excluding carboxylic acids is 1. The van der Waals surface area contributed by atoms with Crippen molar-refractivity contribution in [2.24, 2.45) is 5.14 Å². The van der Waals surface area contributed by atoms with Gasteiger partial charge in [-0.3, -0.25) is 9.69 Å². The molecule has 0 unspecified atom stereocenters. The predicted octanol–water partition coefficient (Wildman–Crippen LogP) is 0.208. The minimum atomic E-state index is -3.44. The van der Waals surface area contributed by atoms with Crippen LogP contribution in [0.25, 0.3) is 0 Å². The first-order valence-corrected chi connectivity index (χ1v) is 9.27. The first kappa shape index (κ1) is 17.3. The van der Waals surface area contributed by atoms with Gasteiger partial charge in [-0.05, 0) is 13.0 Å². The van der Waals surface area contributed by atoms with Gasteiger partial charge in [-0.2, -0.15) is 0 Å². The quantitative estimate of drug-likeness (QED) is 0.823. The summed E-state index contributed by atoms with van der Waals surface area (Å²) >= 11 is 5.97. The van der Waals surface area contributed by atoms with E-state index < -0.39 is 10.0 Å². The standard InChI is InChI=1S/C13H21ClN4O3S/c1-2-17-10-11(14)9-12(17)13(19)18-5-3-16(4-6-18)7-8-22(15,20)21/h9-10H,2-8H2,1H3,(H2,15,20,21). The van der Waals surface area contributed by atoms with Gasteiger partial charge in [0.15, 0.2) is 0 Å². The third-order valence-corrected chi connectivity index (χ3v) is 4.73. The van der Waals surface area contributed by atoms with Gasteiger partial charge < -0.3 is 9.47 Å². The van der Waals surface area contributed by atoms with Crippen LogP contribution in [-0.2, 0) is 16.6 Å². The van der Waals surface area contributed by atoms with Gasteiger partial charge in [0.2, 0.25) is 10.0 Å². The molecule has 7 nitrogen and oxygen atoms in total. The van der Waals surface area contributed by atoms with Crippen molar-refractivity contribution in [2.45, 2.75) is 13.5 Å². The zero-order valence-electron chi connectivity index (χ0n) is 12.5. The molecule has 9 heteroatoms. The summed E-state index contributed by atoms with van der Waals surface area (Å²) < 4.78 is 23.8. The highest BCUT2D eigenvalue weighted by molar-refractivity contribution is 7.89. The maximum atomic E-state index is 12.5. The van der Waals surface area contributed by atoms with E-state index in [1.807, 2.05) is 16.4 Å². The van der Waals surface area contributed by atoms with Crippen LogP contribution in [0.15, 0.2) is 12.3 Å². The first-order valence-electron chi connectivity index (χ1n) is 7.18. The fraction of sp³-hybridized carbons (Fsp3) is 0.615. The van der Waals surface area contributed by atoms with Gasteiger partial charge in [0.25, 0.3) is 5.91 Å². The number of nitrogens with zero attached hydrogens (tertiary/aromatic N) is 3. The summed E-state index contributed by atoms with van der Waals surface area (Å²) in [6.45, 7) is 5.45. The van der Waals surface area contributed by atoms with Crippen molar-refractivity contribution in [1.82, 2.24) is 14.4 Å². The van der Waals surface area contributed by atoms with Crippen molar-refractivity contribution in [2.75, 3.05) is 38.5 Å². The van der Waals surface area contributed by atoms with E-state index in [1.165, 1.54) is 0 Å². The highest BCUT2D eigenvalue weighted by Crippen LogP contribution is 2.17. The third kappa shape index (κ3) is 4.45. The molecule has 0 bridgehead atoms. The molecule has 0 aliphatic carbocycles. The maximum Gasteiger partial charge on any atom is 0.270 e. The molecular weight excluding hydrogens is 328 g/mol. The van der Waals surface area contributed by atoms with Crippen LogP contribution in [0.4, 0.5) is 0 Å². The Morgan fingerprint density at radius 3 is 2.50 bits per heavy atom. The minimum Gasteiger partial charge on any atom is -0.342 e. The molecule has 1 aromatic heterocycles. The SMILES string of the molecule is CCn1cc(Cl)cc1C(=O)N1CCN(CCS(N)(=O)=O)CC1. The van der Waals surface area contributed by atoms with E-state index in [0.29, 0.717) is 50.0 Å². The number of aryl methyl sites for hydroxylation is 1. The number of sulfonamides is 1. The average molecular weight is 349 g/mol. The van der Waals surface area contributed by atoms with Crippen molar-refractivity contribution in [3.05, 3.63) is 23.0 Å². The van der Waals surface area contributed by atoms with Crippen molar-refractivity contribution >= 4 is 27.5 Å². The number of halogens is 1. The number of carbonyl (C=O) groups is 1. The molecule has 0 radical (unpaired) electrons. The largest absolute Gasteiger partial charge is 0.342 e. The van der Waals surface area contributed by atoms with Crippen LogP contribution in [0.2, 0.25) is 5.02 Å². The van der Waals surface area contributed by atoms with Crippen LogP contribution in [-0.4, -0.2) is 67.2 Å². The van der Waals surface area contributed by atoms with Gasteiger partial charge in [-0.25, -0.2) is 13.6 Å². The van der Waals surface area contributed by atoms with Crippen molar-refractivity contribution < 1.29 is 13.2 Å². The van der Waals surface area contributed by atoms with Gasteiger partial charge in [-0.1, -0.05) is 11.6 Å². The summed E-state index contributed by atoms with van der Waals surface area (Å²) in [6.07, 6.45) is 1.75. The molecular formula is C13H21ClN4O3S. The van der Waals surface area contributed by atoms with E-state index in [-0.39, 0.29) is 11.7 Å². The zero-order valence-corrected chi connectivity index (χ0v) is 14.1. The monoisotopic (exact) mass is 348 g/mol. The Morgan fingerprint density at radius 2 is 1.95 bits per heavy atom. The number of nitrogens with two attached hydrogens (primary N) is 1. The van der Waals surface area contributed by atoms with Crippen LogP contribution in [0.1, 0.15) is 17.4 Å². The second kappa shape index (κ2) is 6.99. The van der Waals surface area contributed by atoms with Crippen LogP contribution in [0.3, 0.4) is 0 Å². The Morgan fingerprint density at radius 1 is 1.32 bits per heavy atom. The van der Waals surface area contributed by atoms with Crippen LogP contribution in [0, 0.1) is 0 Å². The highest BCUT2D eigenvalue weighted by Gasteiger charge is 2.24. The number of hydrogen-bond donors (Lipinski definition) is 1. The molecule has 1 aliphatic heterocycles. The molecule has 0 aromatic carbocycles. The van der Waals surface area contributed by atoms with Gasteiger partial charge in [0, 0.05) is 45.5 Å².